The van der Waals surface area contributed by atoms with E-state index in [2.05, 4.69) is 0 Å². The number of amides is 1. The highest BCUT2D eigenvalue weighted by molar-refractivity contribution is 7.89. The Labute approximate surface area is 173 Å². The summed E-state index contributed by atoms with van der Waals surface area (Å²) >= 11 is 0. The Morgan fingerprint density at radius 3 is 2.38 bits per heavy atom. The van der Waals surface area contributed by atoms with E-state index in [1.807, 2.05) is 4.90 Å². The van der Waals surface area contributed by atoms with E-state index in [1.54, 1.807) is 36.4 Å². The number of likely N-dealkylation sites (tertiary alicyclic amines) is 1. The van der Waals surface area contributed by atoms with Crippen LogP contribution in [0.2, 0.25) is 0 Å². The van der Waals surface area contributed by atoms with Gasteiger partial charge in [-0.1, -0.05) is 31.4 Å². The van der Waals surface area contributed by atoms with E-state index in [0.717, 1.165) is 31.0 Å². The van der Waals surface area contributed by atoms with Gasteiger partial charge in [-0.25, -0.2) is 8.42 Å². The zero-order valence-electron chi connectivity index (χ0n) is 16.8. The molecule has 3 aliphatic rings. The third-order valence-electron chi connectivity index (χ3n) is 6.51. The Kier molecular flexibility index (Phi) is 6.37. The average Bonchev–Trinajstić information content (AvgIpc) is 2.78. The van der Waals surface area contributed by atoms with Crippen molar-refractivity contribution in [2.75, 3.05) is 39.4 Å². The maximum Gasteiger partial charge on any atom is 0.246 e. The molecule has 2 atom stereocenters. The van der Waals surface area contributed by atoms with Crippen molar-refractivity contribution >= 4 is 22.0 Å². The standard InChI is InChI=1S/C22H30N2O4S/c25-22(23-12-11-19-3-1-2-4-20(19)17-23)10-7-18-5-8-21(9-6-18)29(26,27)24-13-15-28-16-14-24/h5-10,19-20H,1-4,11-17H2/b10-7+/t19-,20-/m0/s1. The van der Waals surface area contributed by atoms with Crippen molar-refractivity contribution in [1.82, 2.24) is 9.21 Å². The van der Waals surface area contributed by atoms with Crippen LogP contribution in [0, 0.1) is 11.8 Å². The minimum Gasteiger partial charge on any atom is -0.379 e. The molecule has 1 aromatic carbocycles. The number of fused-ring (bicyclic) bond motifs is 1. The predicted octanol–water partition coefficient (Wildman–Crippen LogP) is 2.76. The van der Waals surface area contributed by atoms with Crippen LogP contribution in [0.15, 0.2) is 35.2 Å². The maximum absolute atomic E-state index is 12.7. The predicted molar refractivity (Wildman–Crippen MR) is 112 cm³/mol. The monoisotopic (exact) mass is 418 g/mol. The lowest BCUT2D eigenvalue weighted by atomic mass is 9.75. The molecule has 1 aromatic rings. The molecule has 158 valence electrons. The van der Waals surface area contributed by atoms with Gasteiger partial charge < -0.3 is 9.64 Å². The average molecular weight is 419 g/mol. The molecule has 0 N–H and O–H groups in total. The highest BCUT2D eigenvalue weighted by Crippen LogP contribution is 2.36. The molecule has 0 radical (unpaired) electrons. The second-order valence-corrected chi connectivity index (χ2v) is 10.2. The van der Waals surface area contributed by atoms with Crippen LogP contribution < -0.4 is 0 Å². The van der Waals surface area contributed by atoms with Gasteiger partial charge in [0.25, 0.3) is 0 Å². The van der Waals surface area contributed by atoms with Gasteiger partial charge in [-0.3, -0.25) is 4.79 Å². The van der Waals surface area contributed by atoms with Gasteiger partial charge in [0.1, 0.15) is 0 Å². The summed E-state index contributed by atoms with van der Waals surface area (Å²) in [5.74, 6) is 1.52. The summed E-state index contributed by atoms with van der Waals surface area (Å²) in [5, 5.41) is 0. The van der Waals surface area contributed by atoms with Crippen molar-refractivity contribution in [2.24, 2.45) is 11.8 Å². The van der Waals surface area contributed by atoms with Crippen LogP contribution in [0.5, 0.6) is 0 Å². The molecular formula is C22H30N2O4S. The van der Waals surface area contributed by atoms with Crippen LogP contribution >= 0.6 is 0 Å². The zero-order valence-corrected chi connectivity index (χ0v) is 17.6. The van der Waals surface area contributed by atoms with E-state index in [1.165, 1.54) is 30.0 Å². The molecule has 0 aromatic heterocycles. The normalized spacial score (nSPS) is 26.4. The van der Waals surface area contributed by atoms with E-state index in [9.17, 15) is 13.2 Å². The molecule has 29 heavy (non-hydrogen) atoms. The number of hydrogen-bond donors (Lipinski definition) is 0. The number of carbonyl (C=O) groups excluding carboxylic acids is 1. The van der Waals surface area contributed by atoms with Gasteiger partial charge in [-0.05, 0) is 48.4 Å². The second kappa shape index (κ2) is 8.98. The van der Waals surface area contributed by atoms with Crippen molar-refractivity contribution in [2.45, 2.75) is 37.0 Å². The SMILES string of the molecule is O=C(/C=C/c1ccc(S(=O)(=O)N2CCOCC2)cc1)N1CC[C@@H]2CCCC[C@H]2C1. The molecule has 1 amide bonds. The first-order valence-corrected chi connectivity index (χ1v) is 12.1. The highest BCUT2D eigenvalue weighted by Gasteiger charge is 2.32. The van der Waals surface area contributed by atoms with Crippen LogP contribution in [-0.4, -0.2) is 62.9 Å². The molecule has 1 aliphatic carbocycles. The number of carbonyl (C=O) groups is 1. The van der Waals surface area contributed by atoms with Crippen LogP contribution in [0.3, 0.4) is 0 Å². The van der Waals surface area contributed by atoms with Gasteiger partial charge in [0.15, 0.2) is 0 Å². The van der Waals surface area contributed by atoms with Crippen molar-refractivity contribution in [3.63, 3.8) is 0 Å². The number of hydrogen-bond acceptors (Lipinski definition) is 4. The molecular weight excluding hydrogens is 388 g/mol. The topological polar surface area (TPSA) is 66.9 Å². The Morgan fingerprint density at radius 2 is 1.66 bits per heavy atom. The molecule has 6 nitrogen and oxygen atoms in total. The van der Waals surface area contributed by atoms with Crippen molar-refractivity contribution in [3.8, 4) is 0 Å². The fourth-order valence-electron chi connectivity index (χ4n) is 4.76. The Hall–Kier alpha value is -1.70. The number of morpholine rings is 1. The summed E-state index contributed by atoms with van der Waals surface area (Å²) < 4.78 is 32.0. The number of ether oxygens (including phenoxy) is 1. The highest BCUT2D eigenvalue weighted by atomic mass is 32.2. The fraction of sp³-hybridized carbons (Fsp3) is 0.591. The molecule has 0 bridgehead atoms. The smallest absolute Gasteiger partial charge is 0.246 e. The summed E-state index contributed by atoms with van der Waals surface area (Å²) in [6.45, 7) is 3.36. The van der Waals surface area contributed by atoms with Crippen LogP contribution in [-0.2, 0) is 19.6 Å². The van der Waals surface area contributed by atoms with Gasteiger partial charge in [0.2, 0.25) is 15.9 Å². The molecule has 7 heteroatoms. The van der Waals surface area contributed by atoms with E-state index >= 15 is 0 Å². The van der Waals surface area contributed by atoms with Crippen molar-refractivity contribution < 1.29 is 17.9 Å². The minimum atomic E-state index is -3.48. The van der Waals surface area contributed by atoms with Crippen molar-refractivity contribution in [1.29, 1.82) is 0 Å². The number of piperidine rings is 1. The third-order valence-corrected chi connectivity index (χ3v) is 8.42. The Morgan fingerprint density at radius 1 is 0.966 bits per heavy atom. The Bertz CT molecular complexity index is 844. The van der Waals surface area contributed by atoms with Gasteiger partial charge in [0, 0.05) is 32.3 Å². The van der Waals surface area contributed by atoms with Crippen LogP contribution in [0.25, 0.3) is 6.08 Å². The molecule has 2 heterocycles. The van der Waals surface area contributed by atoms with E-state index < -0.39 is 10.0 Å². The molecule has 0 spiro atoms. The van der Waals surface area contributed by atoms with E-state index in [4.69, 9.17) is 4.74 Å². The van der Waals surface area contributed by atoms with Crippen LogP contribution in [0.1, 0.15) is 37.7 Å². The summed E-state index contributed by atoms with van der Waals surface area (Å²) in [6, 6.07) is 6.74. The lowest BCUT2D eigenvalue weighted by molar-refractivity contribution is -0.128. The van der Waals surface area contributed by atoms with E-state index in [-0.39, 0.29) is 10.8 Å². The summed E-state index contributed by atoms with van der Waals surface area (Å²) in [5.41, 5.74) is 0.826. The molecule has 3 fully saturated rings. The Balaban J connectivity index is 1.37. The second-order valence-electron chi connectivity index (χ2n) is 8.30. The third kappa shape index (κ3) is 4.73. The first-order chi connectivity index (χ1) is 14.0. The lowest BCUT2D eigenvalue weighted by Gasteiger charge is -2.41. The first kappa shape index (κ1) is 20.6. The van der Waals surface area contributed by atoms with Crippen LogP contribution in [0.4, 0.5) is 0 Å². The van der Waals surface area contributed by atoms with Gasteiger partial charge in [0.05, 0.1) is 18.1 Å². The molecule has 1 saturated carbocycles. The number of benzene rings is 1. The van der Waals surface area contributed by atoms with E-state index in [0.29, 0.717) is 32.2 Å². The maximum atomic E-state index is 12.7. The summed E-state index contributed by atoms with van der Waals surface area (Å²) in [6.07, 6.45) is 9.72. The number of rotatable bonds is 4. The van der Waals surface area contributed by atoms with Crippen molar-refractivity contribution in [3.05, 3.63) is 35.9 Å². The molecule has 2 aliphatic heterocycles. The molecule has 0 unspecified atom stereocenters. The minimum absolute atomic E-state index is 0.0547. The molecule has 4 rings (SSSR count). The van der Waals surface area contributed by atoms with Gasteiger partial charge in [-0.2, -0.15) is 4.31 Å². The largest absolute Gasteiger partial charge is 0.379 e. The first-order valence-electron chi connectivity index (χ1n) is 10.7. The summed E-state index contributed by atoms with van der Waals surface area (Å²) in [4.78, 5) is 14.9. The number of nitrogens with zero attached hydrogens (tertiary/aromatic N) is 2. The fourth-order valence-corrected chi connectivity index (χ4v) is 6.17. The zero-order chi connectivity index (χ0) is 20.3. The lowest BCUT2D eigenvalue weighted by Crippen LogP contribution is -2.44. The molecule has 2 saturated heterocycles. The van der Waals surface area contributed by atoms with Gasteiger partial charge in [-0.15, -0.1) is 0 Å². The number of sulfonamides is 1. The quantitative estimate of drug-likeness (QED) is 0.705. The summed E-state index contributed by atoms with van der Waals surface area (Å²) in [7, 11) is -3.48. The van der Waals surface area contributed by atoms with Gasteiger partial charge >= 0.3 is 0 Å².